The van der Waals surface area contributed by atoms with Crippen LogP contribution in [0.3, 0.4) is 0 Å². The molecule has 15 heavy (non-hydrogen) atoms. The van der Waals surface area contributed by atoms with E-state index in [1.54, 1.807) is 12.1 Å². The Morgan fingerprint density at radius 2 is 2.13 bits per heavy atom. The maximum absolute atomic E-state index is 11.2. The highest BCUT2D eigenvalue weighted by molar-refractivity contribution is 9.11. The van der Waals surface area contributed by atoms with Crippen molar-refractivity contribution in [2.45, 2.75) is 0 Å². The van der Waals surface area contributed by atoms with Crippen LogP contribution < -0.4 is 4.72 Å². The zero-order valence-electron chi connectivity index (χ0n) is 7.37. The highest BCUT2D eigenvalue weighted by Crippen LogP contribution is 2.21. The topological polar surface area (TPSA) is 70.0 Å². The molecule has 1 rings (SSSR count). The number of nitriles is 1. The lowest BCUT2D eigenvalue weighted by Gasteiger charge is -2.07. The summed E-state index contributed by atoms with van der Waals surface area (Å²) < 4.78 is 25.3. The van der Waals surface area contributed by atoms with Gasteiger partial charge < -0.3 is 0 Å². The third-order valence-electron chi connectivity index (χ3n) is 1.51. The first-order valence-corrected chi connectivity index (χ1v) is 7.31. The number of anilines is 1. The van der Waals surface area contributed by atoms with Gasteiger partial charge in [-0.25, -0.2) is 8.42 Å². The molecular weight excluding hydrogens is 348 g/mol. The maximum Gasteiger partial charge on any atom is 0.242 e. The number of halogens is 2. The van der Waals surface area contributed by atoms with Gasteiger partial charge in [-0.3, -0.25) is 4.72 Å². The lowest BCUT2D eigenvalue weighted by atomic mass is 10.2. The first-order valence-electron chi connectivity index (χ1n) is 3.74. The van der Waals surface area contributed by atoms with Gasteiger partial charge >= 0.3 is 0 Å². The molecule has 0 unspecified atom stereocenters. The van der Waals surface area contributed by atoms with E-state index >= 15 is 0 Å². The lowest BCUT2D eigenvalue weighted by molar-refractivity contribution is 0.606. The second-order valence-electron chi connectivity index (χ2n) is 2.63. The molecule has 1 N–H and O–H groups in total. The van der Waals surface area contributed by atoms with Crippen molar-refractivity contribution < 1.29 is 8.42 Å². The van der Waals surface area contributed by atoms with Crippen molar-refractivity contribution in [1.82, 2.24) is 0 Å². The molecule has 0 saturated carbocycles. The number of hydrogen-bond donors (Lipinski definition) is 1. The molecule has 0 bridgehead atoms. The van der Waals surface area contributed by atoms with Gasteiger partial charge in [0.15, 0.2) is 0 Å². The molecule has 0 heterocycles. The van der Waals surface area contributed by atoms with E-state index in [0.29, 0.717) is 0 Å². The Morgan fingerprint density at radius 1 is 1.47 bits per heavy atom. The van der Waals surface area contributed by atoms with E-state index < -0.39 is 10.0 Å². The van der Waals surface area contributed by atoms with Crippen molar-refractivity contribution in [1.29, 1.82) is 5.26 Å². The summed E-state index contributed by atoms with van der Waals surface area (Å²) in [4.78, 5) is 0. The Bertz CT molecular complexity index is 508. The van der Waals surface area contributed by atoms with Crippen LogP contribution >= 0.6 is 31.9 Å². The van der Waals surface area contributed by atoms with Crippen LogP contribution in [0.1, 0.15) is 5.56 Å². The van der Waals surface area contributed by atoms with Crippen molar-refractivity contribution in [3.05, 3.63) is 28.2 Å². The van der Waals surface area contributed by atoms with Crippen molar-refractivity contribution in [2.24, 2.45) is 0 Å². The Labute approximate surface area is 105 Å². The Hall–Kier alpha value is -0.580. The van der Waals surface area contributed by atoms with Gasteiger partial charge in [-0.15, -0.1) is 0 Å². The number of alkyl halides is 1. The average Bonchev–Trinajstić information content (AvgIpc) is 2.20. The van der Waals surface area contributed by atoms with E-state index in [9.17, 15) is 8.42 Å². The number of sulfonamides is 1. The van der Waals surface area contributed by atoms with Crippen LogP contribution in [0.15, 0.2) is 22.7 Å². The summed E-state index contributed by atoms with van der Waals surface area (Å²) in [5.74, 6) is 0. The Balaban J connectivity index is 3.12. The molecule has 0 aliphatic carbocycles. The molecule has 1 aromatic rings. The van der Waals surface area contributed by atoms with Gasteiger partial charge in [0, 0.05) is 4.47 Å². The molecule has 0 saturated heterocycles. The Morgan fingerprint density at radius 3 is 2.67 bits per heavy atom. The Kier molecular flexibility index (Phi) is 4.13. The molecule has 0 aromatic heterocycles. The second-order valence-corrected chi connectivity index (χ2v) is 6.57. The zero-order chi connectivity index (χ0) is 11.5. The van der Waals surface area contributed by atoms with Crippen LogP contribution in [-0.2, 0) is 10.0 Å². The molecule has 0 aliphatic rings. The van der Waals surface area contributed by atoms with Crippen LogP contribution in [0.4, 0.5) is 5.69 Å². The summed E-state index contributed by atoms with van der Waals surface area (Å²) in [5.41, 5.74) is 0.550. The predicted molar refractivity (Wildman–Crippen MR) is 65.2 cm³/mol. The smallest absolute Gasteiger partial charge is 0.242 e. The fraction of sp³-hybridized carbons (Fsp3) is 0.125. The third kappa shape index (κ3) is 3.48. The number of rotatable bonds is 3. The van der Waals surface area contributed by atoms with Gasteiger partial charge in [0.05, 0.1) is 11.3 Å². The summed E-state index contributed by atoms with van der Waals surface area (Å²) >= 11 is 6.04. The molecule has 80 valence electrons. The van der Waals surface area contributed by atoms with Gasteiger partial charge in [0.25, 0.3) is 0 Å². The average molecular weight is 354 g/mol. The largest absolute Gasteiger partial charge is 0.282 e. The zero-order valence-corrected chi connectivity index (χ0v) is 11.4. The molecule has 0 amide bonds. The van der Waals surface area contributed by atoms with Gasteiger partial charge in [0.2, 0.25) is 10.0 Å². The molecule has 7 heteroatoms. The fourth-order valence-electron chi connectivity index (χ4n) is 0.893. The molecule has 0 spiro atoms. The molecular formula is C8H6Br2N2O2S. The first-order chi connectivity index (χ1) is 6.98. The van der Waals surface area contributed by atoms with Crippen LogP contribution in [0, 0.1) is 11.3 Å². The van der Waals surface area contributed by atoms with Gasteiger partial charge in [-0.05, 0) is 18.2 Å². The molecule has 0 fully saturated rings. The first kappa shape index (κ1) is 12.5. The van der Waals surface area contributed by atoms with E-state index in [4.69, 9.17) is 5.26 Å². The second kappa shape index (κ2) is 4.96. The van der Waals surface area contributed by atoms with Crippen LogP contribution in [0.5, 0.6) is 0 Å². The minimum Gasteiger partial charge on any atom is -0.282 e. The number of nitrogens with one attached hydrogen (secondary N) is 1. The van der Waals surface area contributed by atoms with E-state index in [1.165, 1.54) is 6.07 Å². The standard InChI is InChI=1S/C8H6Br2N2O2S/c9-5-15(13,14)12-8-2-1-7(10)3-6(8)4-11/h1-3,12H,5H2. The van der Waals surface area contributed by atoms with E-state index in [1.807, 2.05) is 6.07 Å². The summed E-state index contributed by atoms with van der Waals surface area (Å²) in [6.07, 6.45) is 0. The lowest BCUT2D eigenvalue weighted by Crippen LogP contribution is -2.14. The van der Waals surface area contributed by atoms with Crippen molar-refractivity contribution in [3.8, 4) is 6.07 Å². The highest BCUT2D eigenvalue weighted by atomic mass is 79.9. The number of hydrogen-bond acceptors (Lipinski definition) is 3. The van der Waals surface area contributed by atoms with Crippen LogP contribution in [0.25, 0.3) is 0 Å². The van der Waals surface area contributed by atoms with Gasteiger partial charge in [-0.1, -0.05) is 31.9 Å². The minimum absolute atomic E-state index is 0.207. The summed E-state index contributed by atoms with van der Waals surface area (Å²) in [7, 11) is -3.42. The van der Waals surface area contributed by atoms with Crippen molar-refractivity contribution in [3.63, 3.8) is 0 Å². The monoisotopic (exact) mass is 352 g/mol. The summed E-state index contributed by atoms with van der Waals surface area (Å²) in [6.45, 7) is 0. The molecule has 0 radical (unpaired) electrons. The van der Waals surface area contributed by atoms with E-state index in [-0.39, 0.29) is 15.9 Å². The van der Waals surface area contributed by atoms with E-state index in [2.05, 4.69) is 36.6 Å². The number of benzene rings is 1. The minimum atomic E-state index is -3.42. The predicted octanol–water partition coefficient (Wildman–Crippen LogP) is 2.41. The molecule has 0 atom stereocenters. The third-order valence-corrected chi connectivity index (χ3v) is 4.63. The van der Waals surface area contributed by atoms with Crippen molar-refractivity contribution in [2.75, 3.05) is 9.38 Å². The highest BCUT2D eigenvalue weighted by Gasteiger charge is 2.11. The summed E-state index contributed by atoms with van der Waals surface area (Å²) in [6, 6.07) is 6.65. The summed E-state index contributed by atoms with van der Waals surface area (Å²) in [5, 5.41) is 8.80. The SMILES string of the molecule is N#Cc1cc(Br)ccc1NS(=O)(=O)CBr. The van der Waals surface area contributed by atoms with Crippen molar-refractivity contribution >= 4 is 47.6 Å². The molecule has 0 aliphatic heterocycles. The molecule has 4 nitrogen and oxygen atoms in total. The van der Waals surface area contributed by atoms with Gasteiger partial charge in [0.1, 0.15) is 10.7 Å². The maximum atomic E-state index is 11.2. The fourth-order valence-corrected chi connectivity index (χ4v) is 2.16. The van der Waals surface area contributed by atoms with Crippen LogP contribution in [-0.4, -0.2) is 13.1 Å². The molecule has 1 aromatic carbocycles. The quantitative estimate of drug-likeness (QED) is 0.848. The van der Waals surface area contributed by atoms with E-state index in [0.717, 1.165) is 4.47 Å². The number of nitrogens with zero attached hydrogens (tertiary/aromatic N) is 1. The normalized spacial score (nSPS) is 10.7. The van der Waals surface area contributed by atoms with Gasteiger partial charge in [-0.2, -0.15) is 5.26 Å². The van der Waals surface area contributed by atoms with Crippen LogP contribution in [0.2, 0.25) is 0 Å².